The van der Waals surface area contributed by atoms with E-state index in [0.29, 0.717) is 64.8 Å². The molecule has 0 bridgehead atoms. The fourth-order valence-electron chi connectivity index (χ4n) is 5.83. The summed E-state index contributed by atoms with van der Waals surface area (Å²) in [5.41, 5.74) is 13.9. The van der Waals surface area contributed by atoms with Gasteiger partial charge in [-0.1, -0.05) is 74.5 Å². The van der Waals surface area contributed by atoms with Crippen molar-refractivity contribution >= 4 is 29.6 Å². The Morgan fingerprint density at radius 1 is 0.755 bits per heavy atom. The number of amides is 4. The first-order valence-electron chi connectivity index (χ1n) is 17.1. The summed E-state index contributed by atoms with van der Waals surface area (Å²) in [5, 5.41) is 17.7. The van der Waals surface area contributed by atoms with Gasteiger partial charge in [-0.3, -0.25) is 28.9 Å². The number of nitrogens with zero attached hydrogens (tertiary/aromatic N) is 2. The average Bonchev–Trinajstić information content (AvgIpc) is 3.08. The first-order valence-corrected chi connectivity index (χ1v) is 17.1. The molecule has 268 valence electrons. The van der Waals surface area contributed by atoms with Crippen molar-refractivity contribution in [3.8, 4) is 0 Å². The van der Waals surface area contributed by atoms with Crippen molar-refractivity contribution in [2.75, 3.05) is 39.3 Å². The van der Waals surface area contributed by atoms with Crippen LogP contribution in [0.5, 0.6) is 0 Å². The first kappa shape index (κ1) is 39.1. The standard InChI is InChI=1S/C36H53N7O6/c1-25(2)22-31(35(48)40-30(14-9-17-37)36(49)43-20-18-42(19-21-43)24-32(44)45)41-34(47)29(16-15-26-10-5-3-6-11-26)39-33(46)28(38)23-27-12-7-4-8-13-27/h3-8,10-13,25,28-31H,9,14-24,37-38H2,1-2H3,(H,39,46)(H,40,48)(H,41,47)(H,44,45)/t28-,29-,30-,31-/m1/s1. The van der Waals surface area contributed by atoms with E-state index in [4.69, 9.17) is 16.6 Å². The number of carbonyl (C=O) groups is 5. The second-order valence-electron chi connectivity index (χ2n) is 13.1. The average molecular weight is 680 g/mol. The number of carboxylic acids is 1. The number of aliphatic carboxylic acids is 1. The number of nitrogens with two attached hydrogens (primary N) is 2. The summed E-state index contributed by atoms with van der Waals surface area (Å²) in [7, 11) is 0. The molecule has 2 aromatic rings. The Hall–Kier alpha value is -4.33. The monoisotopic (exact) mass is 679 g/mol. The maximum Gasteiger partial charge on any atom is 0.317 e. The molecule has 0 aliphatic carbocycles. The van der Waals surface area contributed by atoms with Crippen molar-refractivity contribution in [3.05, 3.63) is 71.8 Å². The van der Waals surface area contributed by atoms with Gasteiger partial charge < -0.3 is 37.4 Å². The number of hydrogen-bond acceptors (Lipinski definition) is 8. The SMILES string of the molecule is CC(C)C[C@@H](NC(=O)[C@@H](CCc1ccccc1)NC(=O)[C@H](N)Cc1ccccc1)C(=O)N[C@H](CCCN)C(=O)N1CCN(CC(=O)O)CC1. The summed E-state index contributed by atoms with van der Waals surface area (Å²) < 4.78 is 0. The summed E-state index contributed by atoms with van der Waals surface area (Å²) in [6.07, 6.45) is 2.19. The lowest BCUT2D eigenvalue weighted by Crippen LogP contribution is -2.59. The van der Waals surface area contributed by atoms with Crippen LogP contribution in [0.3, 0.4) is 0 Å². The van der Waals surface area contributed by atoms with Crippen LogP contribution in [0.1, 0.15) is 50.7 Å². The number of piperazine rings is 1. The highest BCUT2D eigenvalue weighted by Gasteiger charge is 2.33. The lowest BCUT2D eigenvalue weighted by molar-refractivity contribution is -0.141. The minimum Gasteiger partial charge on any atom is -0.480 e. The topological polar surface area (TPSA) is 200 Å². The van der Waals surface area contributed by atoms with E-state index in [0.717, 1.165) is 11.1 Å². The Morgan fingerprint density at radius 2 is 1.31 bits per heavy atom. The van der Waals surface area contributed by atoms with Gasteiger partial charge >= 0.3 is 5.97 Å². The fraction of sp³-hybridized carbons (Fsp3) is 0.528. The minimum absolute atomic E-state index is 0.0215. The third kappa shape index (κ3) is 13.6. The summed E-state index contributed by atoms with van der Waals surface area (Å²) in [6.45, 7) is 5.57. The van der Waals surface area contributed by atoms with E-state index in [9.17, 15) is 24.0 Å². The van der Waals surface area contributed by atoms with Gasteiger partial charge in [0.05, 0.1) is 12.6 Å². The van der Waals surface area contributed by atoms with Crippen LogP contribution >= 0.6 is 0 Å². The van der Waals surface area contributed by atoms with E-state index in [1.54, 1.807) is 9.80 Å². The van der Waals surface area contributed by atoms with Gasteiger partial charge in [0.15, 0.2) is 0 Å². The molecule has 0 spiro atoms. The normalized spacial score (nSPS) is 15.9. The van der Waals surface area contributed by atoms with Crippen LogP contribution < -0.4 is 27.4 Å². The molecule has 1 heterocycles. The fourth-order valence-corrected chi connectivity index (χ4v) is 5.83. The molecule has 4 amide bonds. The van der Waals surface area contributed by atoms with Crippen LogP contribution in [-0.2, 0) is 36.8 Å². The van der Waals surface area contributed by atoms with Gasteiger partial charge in [-0.05, 0) is 62.1 Å². The highest BCUT2D eigenvalue weighted by Crippen LogP contribution is 2.12. The second-order valence-corrected chi connectivity index (χ2v) is 13.1. The van der Waals surface area contributed by atoms with E-state index in [1.165, 1.54) is 0 Å². The van der Waals surface area contributed by atoms with Crippen LogP contribution in [0, 0.1) is 5.92 Å². The summed E-state index contributed by atoms with van der Waals surface area (Å²) in [6, 6.07) is 15.3. The Kier molecular flexibility index (Phi) is 16.2. The predicted octanol–water partition coefficient (Wildman–Crippen LogP) is 0.657. The van der Waals surface area contributed by atoms with E-state index in [2.05, 4.69) is 16.0 Å². The van der Waals surface area contributed by atoms with Crippen LogP contribution in [0.2, 0.25) is 0 Å². The molecule has 13 nitrogen and oxygen atoms in total. The Morgan fingerprint density at radius 3 is 1.88 bits per heavy atom. The smallest absolute Gasteiger partial charge is 0.317 e. The lowest BCUT2D eigenvalue weighted by Gasteiger charge is -2.36. The van der Waals surface area contributed by atoms with Crippen LogP contribution in [-0.4, -0.2) is 108 Å². The molecule has 3 rings (SSSR count). The van der Waals surface area contributed by atoms with Gasteiger partial charge in [-0.25, -0.2) is 0 Å². The van der Waals surface area contributed by atoms with Crippen molar-refractivity contribution < 1.29 is 29.1 Å². The van der Waals surface area contributed by atoms with Crippen LogP contribution in [0.4, 0.5) is 0 Å². The highest BCUT2D eigenvalue weighted by atomic mass is 16.4. The number of rotatable bonds is 19. The van der Waals surface area contributed by atoms with Gasteiger partial charge in [0, 0.05) is 26.2 Å². The molecule has 0 saturated carbocycles. The molecule has 2 aromatic carbocycles. The Balaban J connectivity index is 1.73. The van der Waals surface area contributed by atoms with E-state index in [-0.39, 0.29) is 24.8 Å². The molecular weight excluding hydrogens is 626 g/mol. The van der Waals surface area contributed by atoms with Crippen molar-refractivity contribution in [2.45, 2.75) is 76.5 Å². The van der Waals surface area contributed by atoms with Gasteiger partial charge in [0.1, 0.15) is 18.1 Å². The molecule has 49 heavy (non-hydrogen) atoms. The number of hydrogen-bond donors (Lipinski definition) is 6. The first-order chi connectivity index (χ1) is 23.5. The molecule has 8 N–H and O–H groups in total. The zero-order valence-electron chi connectivity index (χ0n) is 28.7. The van der Waals surface area contributed by atoms with E-state index < -0.39 is 47.9 Å². The van der Waals surface area contributed by atoms with E-state index in [1.807, 2.05) is 74.5 Å². The number of aryl methyl sites for hydroxylation is 1. The van der Waals surface area contributed by atoms with Gasteiger partial charge in [-0.2, -0.15) is 0 Å². The Bertz CT molecular complexity index is 1350. The highest BCUT2D eigenvalue weighted by molar-refractivity contribution is 5.95. The maximum atomic E-state index is 13.8. The summed E-state index contributed by atoms with van der Waals surface area (Å²) in [5.74, 6) is -2.67. The zero-order chi connectivity index (χ0) is 35.8. The molecule has 0 aromatic heterocycles. The van der Waals surface area contributed by atoms with Crippen molar-refractivity contribution in [1.82, 2.24) is 25.8 Å². The van der Waals surface area contributed by atoms with Crippen LogP contribution in [0.25, 0.3) is 0 Å². The zero-order valence-corrected chi connectivity index (χ0v) is 28.7. The molecule has 1 aliphatic rings. The molecule has 0 unspecified atom stereocenters. The number of carboxylic acid groups (broad SMARTS) is 1. The summed E-state index contributed by atoms with van der Waals surface area (Å²) >= 11 is 0. The second kappa shape index (κ2) is 20.2. The molecular formula is C36H53N7O6. The molecule has 13 heteroatoms. The van der Waals surface area contributed by atoms with Crippen LogP contribution in [0.15, 0.2) is 60.7 Å². The minimum atomic E-state index is -0.970. The molecule has 0 radical (unpaired) electrons. The maximum absolute atomic E-state index is 13.8. The van der Waals surface area contributed by atoms with Crippen molar-refractivity contribution in [1.29, 1.82) is 0 Å². The number of nitrogens with one attached hydrogen (secondary N) is 3. The molecule has 4 atom stereocenters. The van der Waals surface area contributed by atoms with E-state index >= 15 is 0 Å². The third-order valence-electron chi connectivity index (χ3n) is 8.53. The molecule has 1 aliphatic heterocycles. The Labute approximate surface area is 289 Å². The summed E-state index contributed by atoms with van der Waals surface area (Å²) in [4.78, 5) is 68.9. The molecule has 1 fully saturated rings. The quantitative estimate of drug-likeness (QED) is 0.123. The lowest BCUT2D eigenvalue weighted by atomic mass is 9.99. The largest absolute Gasteiger partial charge is 0.480 e. The van der Waals surface area contributed by atoms with Crippen molar-refractivity contribution in [3.63, 3.8) is 0 Å². The van der Waals surface area contributed by atoms with Gasteiger partial charge in [-0.15, -0.1) is 0 Å². The predicted molar refractivity (Wildman–Crippen MR) is 187 cm³/mol. The number of benzene rings is 2. The number of carbonyl (C=O) groups excluding carboxylic acids is 4. The third-order valence-corrected chi connectivity index (χ3v) is 8.53. The van der Waals surface area contributed by atoms with Crippen molar-refractivity contribution in [2.24, 2.45) is 17.4 Å². The van der Waals surface area contributed by atoms with Gasteiger partial charge in [0.25, 0.3) is 0 Å². The van der Waals surface area contributed by atoms with Gasteiger partial charge in [0.2, 0.25) is 23.6 Å². The molecule has 1 saturated heterocycles.